The van der Waals surface area contributed by atoms with Crippen molar-refractivity contribution in [3.05, 3.63) is 90.0 Å². The lowest BCUT2D eigenvalue weighted by Gasteiger charge is -2.11. The van der Waals surface area contributed by atoms with Gasteiger partial charge in [-0.05, 0) is 43.7 Å². The molecule has 2 aromatic carbocycles. The summed E-state index contributed by atoms with van der Waals surface area (Å²) in [6, 6.07) is 14.9. The van der Waals surface area contributed by atoms with E-state index in [1.165, 1.54) is 12.1 Å². The first-order chi connectivity index (χ1) is 15.5. The van der Waals surface area contributed by atoms with Crippen molar-refractivity contribution in [1.29, 1.82) is 0 Å². The predicted molar refractivity (Wildman–Crippen MR) is 119 cm³/mol. The second-order valence-electron chi connectivity index (χ2n) is 7.41. The van der Waals surface area contributed by atoms with Gasteiger partial charge >= 0.3 is 0 Å². The summed E-state index contributed by atoms with van der Waals surface area (Å²) >= 11 is 0. The highest BCUT2D eigenvalue weighted by atomic mass is 19.1. The Labute approximate surface area is 182 Å². The van der Waals surface area contributed by atoms with E-state index in [1.807, 2.05) is 50.2 Å². The van der Waals surface area contributed by atoms with Gasteiger partial charge in [0.2, 0.25) is 0 Å². The van der Waals surface area contributed by atoms with Gasteiger partial charge in [0.25, 0.3) is 0 Å². The monoisotopic (exact) mass is 425 g/mol. The summed E-state index contributed by atoms with van der Waals surface area (Å²) in [6.07, 6.45) is 3.49. The van der Waals surface area contributed by atoms with Crippen molar-refractivity contribution in [2.45, 2.75) is 13.8 Å². The SMILES string of the molecule is Cc1nc2nc(-c3cccc(-c4cccnc4)c3)nc(-c3ccc(F)cc3F)c2nc1C. The number of benzene rings is 2. The number of halogens is 2. The predicted octanol–water partition coefficient (Wildman–Crippen LogP) is 5.71. The molecule has 156 valence electrons. The van der Waals surface area contributed by atoms with Gasteiger partial charge in [-0.25, -0.2) is 28.7 Å². The smallest absolute Gasteiger partial charge is 0.182 e. The van der Waals surface area contributed by atoms with Crippen LogP contribution in [0.4, 0.5) is 8.78 Å². The van der Waals surface area contributed by atoms with E-state index in [2.05, 4.69) is 24.9 Å². The largest absolute Gasteiger partial charge is 0.264 e. The standard InChI is InChI=1S/C25H17F2N5/c1-14-15(2)30-25-23(29-14)22(20-9-8-19(26)12-21(20)27)31-24(32-25)17-6-3-5-16(11-17)18-7-4-10-28-13-18/h3-13H,1-2H3. The van der Waals surface area contributed by atoms with Crippen LogP contribution in [0.3, 0.4) is 0 Å². The molecular formula is C25H17F2N5. The normalized spacial score (nSPS) is 11.1. The Morgan fingerprint density at radius 1 is 0.719 bits per heavy atom. The van der Waals surface area contributed by atoms with E-state index in [1.54, 1.807) is 12.4 Å². The quantitative estimate of drug-likeness (QED) is 0.370. The molecule has 0 N–H and O–H groups in total. The molecule has 3 heterocycles. The zero-order valence-corrected chi connectivity index (χ0v) is 17.3. The second-order valence-corrected chi connectivity index (χ2v) is 7.41. The molecule has 0 unspecified atom stereocenters. The van der Waals surface area contributed by atoms with Crippen LogP contribution >= 0.6 is 0 Å². The van der Waals surface area contributed by atoms with Crippen molar-refractivity contribution in [3.8, 4) is 33.8 Å². The Bertz CT molecular complexity index is 1470. The van der Waals surface area contributed by atoms with Crippen molar-refractivity contribution in [3.63, 3.8) is 0 Å². The molecule has 3 aromatic heterocycles. The number of rotatable bonds is 3. The van der Waals surface area contributed by atoms with Gasteiger partial charge in [-0.15, -0.1) is 0 Å². The van der Waals surface area contributed by atoms with Crippen molar-refractivity contribution in [1.82, 2.24) is 24.9 Å². The lowest BCUT2D eigenvalue weighted by molar-refractivity contribution is 0.585. The van der Waals surface area contributed by atoms with Gasteiger partial charge in [0, 0.05) is 35.2 Å². The van der Waals surface area contributed by atoms with E-state index in [0.717, 1.165) is 28.5 Å². The van der Waals surface area contributed by atoms with Crippen LogP contribution in [0, 0.1) is 25.5 Å². The van der Waals surface area contributed by atoms with Crippen molar-refractivity contribution in [2.75, 3.05) is 0 Å². The average Bonchev–Trinajstić information content (AvgIpc) is 2.80. The molecule has 0 aliphatic carbocycles. The molecule has 0 bridgehead atoms. The van der Waals surface area contributed by atoms with Crippen LogP contribution in [0.25, 0.3) is 44.9 Å². The fourth-order valence-electron chi connectivity index (χ4n) is 3.48. The first kappa shape index (κ1) is 19.8. The highest BCUT2D eigenvalue weighted by Gasteiger charge is 2.18. The Morgan fingerprint density at radius 2 is 1.50 bits per heavy atom. The van der Waals surface area contributed by atoms with Crippen LogP contribution in [0.15, 0.2) is 67.0 Å². The minimum atomic E-state index is -0.722. The molecule has 5 aromatic rings. The van der Waals surface area contributed by atoms with Gasteiger partial charge < -0.3 is 0 Å². The molecule has 32 heavy (non-hydrogen) atoms. The van der Waals surface area contributed by atoms with Crippen LogP contribution in [-0.2, 0) is 0 Å². The molecule has 0 fully saturated rings. The summed E-state index contributed by atoms with van der Waals surface area (Å²) in [5, 5.41) is 0. The second kappa shape index (κ2) is 7.85. The molecule has 0 atom stereocenters. The maximum atomic E-state index is 14.7. The Kier molecular flexibility index (Phi) is 4.86. The highest BCUT2D eigenvalue weighted by molar-refractivity contribution is 5.89. The molecule has 0 amide bonds. The van der Waals surface area contributed by atoms with Gasteiger partial charge in [0.1, 0.15) is 22.8 Å². The van der Waals surface area contributed by atoms with Gasteiger partial charge in [0.05, 0.1) is 11.4 Å². The molecular weight excluding hydrogens is 408 g/mol. The van der Waals surface area contributed by atoms with Crippen LogP contribution in [-0.4, -0.2) is 24.9 Å². The molecule has 0 aliphatic heterocycles. The van der Waals surface area contributed by atoms with Crippen molar-refractivity contribution in [2.24, 2.45) is 0 Å². The molecule has 7 heteroatoms. The minimum Gasteiger partial charge on any atom is -0.264 e. The third kappa shape index (κ3) is 3.58. The van der Waals surface area contributed by atoms with Crippen LogP contribution in [0.2, 0.25) is 0 Å². The van der Waals surface area contributed by atoms with Crippen molar-refractivity contribution >= 4 is 11.2 Å². The van der Waals surface area contributed by atoms with Crippen LogP contribution < -0.4 is 0 Å². The maximum absolute atomic E-state index is 14.7. The van der Waals surface area contributed by atoms with E-state index in [4.69, 9.17) is 0 Å². The highest BCUT2D eigenvalue weighted by Crippen LogP contribution is 2.31. The topological polar surface area (TPSA) is 64.5 Å². The molecule has 0 saturated carbocycles. The van der Waals surface area contributed by atoms with E-state index in [0.29, 0.717) is 22.7 Å². The van der Waals surface area contributed by atoms with E-state index in [9.17, 15) is 8.78 Å². The molecule has 0 aliphatic rings. The summed E-state index contributed by atoms with van der Waals surface area (Å²) < 4.78 is 28.2. The van der Waals surface area contributed by atoms with Crippen LogP contribution in [0.1, 0.15) is 11.4 Å². The molecule has 5 nitrogen and oxygen atoms in total. The number of hydrogen-bond donors (Lipinski definition) is 0. The molecule has 5 rings (SSSR count). The fraction of sp³-hybridized carbons (Fsp3) is 0.0800. The number of hydrogen-bond acceptors (Lipinski definition) is 5. The first-order valence-corrected chi connectivity index (χ1v) is 9.99. The minimum absolute atomic E-state index is 0.140. The fourth-order valence-corrected chi connectivity index (χ4v) is 3.48. The summed E-state index contributed by atoms with van der Waals surface area (Å²) in [5.74, 6) is -1.01. The number of pyridine rings is 1. The van der Waals surface area contributed by atoms with Crippen molar-refractivity contribution < 1.29 is 8.78 Å². The molecule has 0 saturated heterocycles. The summed E-state index contributed by atoms with van der Waals surface area (Å²) in [5.41, 5.74) is 5.16. The van der Waals surface area contributed by atoms with E-state index >= 15 is 0 Å². The zero-order chi connectivity index (χ0) is 22.2. The molecule has 0 spiro atoms. The summed E-state index contributed by atoms with van der Waals surface area (Å²) in [7, 11) is 0. The molecule has 0 radical (unpaired) electrons. The number of nitrogens with zero attached hydrogens (tertiary/aromatic N) is 5. The maximum Gasteiger partial charge on any atom is 0.182 e. The lowest BCUT2D eigenvalue weighted by atomic mass is 10.0. The van der Waals surface area contributed by atoms with E-state index in [-0.39, 0.29) is 11.3 Å². The third-order valence-corrected chi connectivity index (χ3v) is 5.24. The lowest BCUT2D eigenvalue weighted by Crippen LogP contribution is -2.03. The average molecular weight is 425 g/mol. The Morgan fingerprint density at radius 3 is 2.28 bits per heavy atom. The summed E-state index contributed by atoms with van der Waals surface area (Å²) in [4.78, 5) is 22.5. The van der Waals surface area contributed by atoms with Gasteiger partial charge in [-0.3, -0.25) is 4.98 Å². The Balaban J connectivity index is 1.76. The Hall–Kier alpha value is -4.13. The number of aryl methyl sites for hydroxylation is 2. The van der Waals surface area contributed by atoms with Crippen LogP contribution in [0.5, 0.6) is 0 Å². The first-order valence-electron chi connectivity index (χ1n) is 9.99. The van der Waals surface area contributed by atoms with Gasteiger partial charge in [0.15, 0.2) is 11.5 Å². The number of fused-ring (bicyclic) bond motifs is 1. The zero-order valence-electron chi connectivity index (χ0n) is 17.3. The van der Waals surface area contributed by atoms with E-state index < -0.39 is 11.6 Å². The van der Waals surface area contributed by atoms with Gasteiger partial charge in [-0.1, -0.05) is 24.3 Å². The summed E-state index contributed by atoms with van der Waals surface area (Å²) in [6.45, 7) is 3.66. The number of aromatic nitrogens is 5. The third-order valence-electron chi connectivity index (χ3n) is 5.24. The van der Waals surface area contributed by atoms with Gasteiger partial charge in [-0.2, -0.15) is 0 Å².